The molecule has 0 bridgehead atoms. The number of hydrogen-bond donors (Lipinski definition) is 1. The molecule has 1 aliphatic rings. The van der Waals surface area contributed by atoms with Gasteiger partial charge in [-0.3, -0.25) is 14.5 Å². The zero-order valence-electron chi connectivity index (χ0n) is 12.6. The van der Waals surface area contributed by atoms with Gasteiger partial charge in [-0.05, 0) is 43.5 Å². The van der Waals surface area contributed by atoms with Gasteiger partial charge >= 0.3 is 5.97 Å². The minimum atomic E-state index is -0.816. The number of carbonyl (C=O) groups is 2. The van der Waals surface area contributed by atoms with Gasteiger partial charge in [-0.1, -0.05) is 6.07 Å². The topological polar surface area (TPSA) is 60.9 Å². The largest absolute Gasteiger partial charge is 0.480 e. The molecule has 0 atom stereocenters. The lowest BCUT2D eigenvalue weighted by atomic mass is 10.1. The fourth-order valence-corrected chi connectivity index (χ4v) is 2.58. The Hall–Kier alpha value is -1.88. The molecule has 5 heteroatoms. The van der Waals surface area contributed by atoms with E-state index in [1.54, 1.807) is 0 Å². The number of carbonyl (C=O) groups excluding carboxylic acids is 1. The van der Waals surface area contributed by atoms with Gasteiger partial charge in [0.2, 0.25) is 0 Å². The normalized spacial score (nSPS) is 16.6. The fraction of sp³-hybridized carbons (Fsp3) is 0.500. The number of nitrogens with zero attached hydrogens (tertiary/aromatic N) is 2. The SMILES string of the molecule is Cc1ccc(C(=O)N2CCCN(CC(=O)O)CC2)cc1C. The van der Waals surface area contributed by atoms with Crippen molar-refractivity contribution in [3.8, 4) is 0 Å². The van der Waals surface area contributed by atoms with Crippen LogP contribution in [0.1, 0.15) is 27.9 Å². The van der Waals surface area contributed by atoms with Crippen LogP contribution in [0.5, 0.6) is 0 Å². The number of carboxylic acid groups (broad SMARTS) is 1. The predicted molar refractivity (Wildman–Crippen MR) is 80.5 cm³/mol. The second-order valence-corrected chi connectivity index (χ2v) is 5.61. The lowest BCUT2D eigenvalue weighted by molar-refractivity contribution is -0.138. The summed E-state index contributed by atoms with van der Waals surface area (Å²) in [5.74, 6) is -0.779. The Balaban J connectivity index is 2.02. The highest BCUT2D eigenvalue weighted by atomic mass is 16.4. The van der Waals surface area contributed by atoms with Gasteiger partial charge < -0.3 is 10.0 Å². The Kier molecular flexibility index (Phi) is 4.96. The molecule has 114 valence electrons. The van der Waals surface area contributed by atoms with Crippen molar-refractivity contribution in [2.45, 2.75) is 20.3 Å². The number of carboxylic acids is 1. The first kappa shape index (κ1) is 15.5. The highest BCUT2D eigenvalue weighted by Crippen LogP contribution is 2.13. The van der Waals surface area contributed by atoms with Crippen LogP contribution in [0.25, 0.3) is 0 Å². The summed E-state index contributed by atoms with van der Waals surface area (Å²) in [5.41, 5.74) is 3.00. The van der Waals surface area contributed by atoms with E-state index in [9.17, 15) is 9.59 Å². The molecule has 0 unspecified atom stereocenters. The van der Waals surface area contributed by atoms with E-state index >= 15 is 0 Å². The van der Waals surface area contributed by atoms with Crippen LogP contribution in [0, 0.1) is 13.8 Å². The van der Waals surface area contributed by atoms with Gasteiger partial charge in [-0.2, -0.15) is 0 Å². The van der Waals surface area contributed by atoms with Crippen molar-refractivity contribution in [2.24, 2.45) is 0 Å². The van der Waals surface area contributed by atoms with E-state index in [1.165, 1.54) is 5.56 Å². The predicted octanol–water partition coefficient (Wildman–Crippen LogP) is 1.54. The van der Waals surface area contributed by atoms with Crippen LogP contribution in [0.3, 0.4) is 0 Å². The van der Waals surface area contributed by atoms with E-state index in [0.717, 1.165) is 18.5 Å². The Bertz CT molecular complexity index is 542. The van der Waals surface area contributed by atoms with Crippen molar-refractivity contribution in [1.29, 1.82) is 0 Å². The third kappa shape index (κ3) is 4.04. The van der Waals surface area contributed by atoms with Gasteiger partial charge in [0, 0.05) is 31.7 Å². The average molecular weight is 290 g/mol. The smallest absolute Gasteiger partial charge is 0.317 e. The summed E-state index contributed by atoms with van der Waals surface area (Å²) in [6.45, 7) is 6.68. The second-order valence-electron chi connectivity index (χ2n) is 5.61. The summed E-state index contributed by atoms with van der Waals surface area (Å²) in [6, 6.07) is 5.76. The molecule has 5 nitrogen and oxygen atoms in total. The maximum absolute atomic E-state index is 12.5. The summed E-state index contributed by atoms with van der Waals surface area (Å²) in [4.78, 5) is 27.0. The Morgan fingerprint density at radius 3 is 2.52 bits per heavy atom. The van der Waals surface area contributed by atoms with Crippen LogP contribution in [-0.4, -0.2) is 59.5 Å². The van der Waals surface area contributed by atoms with Crippen molar-refractivity contribution < 1.29 is 14.7 Å². The first-order chi connectivity index (χ1) is 9.97. The Morgan fingerprint density at radius 2 is 1.86 bits per heavy atom. The number of aryl methyl sites for hydroxylation is 2. The molecule has 1 aromatic carbocycles. The van der Waals surface area contributed by atoms with Crippen LogP contribution in [0.4, 0.5) is 0 Å². The Morgan fingerprint density at radius 1 is 1.10 bits per heavy atom. The lowest BCUT2D eigenvalue weighted by Crippen LogP contribution is -2.36. The minimum Gasteiger partial charge on any atom is -0.480 e. The molecule has 21 heavy (non-hydrogen) atoms. The number of hydrogen-bond acceptors (Lipinski definition) is 3. The number of aliphatic carboxylic acids is 1. The molecule has 0 spiro atoms. The molecular formula is C16H22N2O3. The van der Waals surface area contributed by atoms with Crippen molar-refractivity contribution in [3.05, 3.63) is 34.9 Å². The third-order valence-corrected chi connectivity index (χ3v) is 3.99. The van der Waals surface area contributed by atoms with Crippen LogP contribution >= 0.6 is 0 Å². The quantitative estimate of drug-likeness (QED) is 0.917. The number of benzene rings is 1. The van der Waals surface area contributed by atoms with Crippen molar-refractivity contribution in [2.75, 3.05) is 32.7 Å². The van der Waals surface area contributed by atoms with Crippen molar-refractivity contribution in [3.63, 3.8) is 0 Å². The summed E-state index contributed by atoms with van der Waals surface area (Å²) in [6.07, 6.45) is 0.809. The maximum Gasteiger partial charge on any atom is 0.317 e. The molecule has 0 saturated carbocycles. The van der Waals surface area contributed by atoms with Gasteiger partial charge in [-0.15, -0.1) is 0 Å². The molecule has 1 saturated heterocycles. The van der Waals surface area contributed by atoms with E-state index in [-0.39, 0.29) is 12.5 Å². The van der Waals surface area contributed by atoms with Gasteiger partial charge in [0.1, 0.15) is 0 Å². The summed E-state index contributed by atoms with van der Waals surface area (Å²) in [5, 5.41) is 8.84. The van der Waals surface area contributed by atoms with Gasteiger partial charge in [0.25, 0.3) is 5.91 Å². The minimum absolute atomic E-state index is 0.0373. The zero-order valence-corrected chi connectivity index (χ0v) is 12.6. The molecule has 0 aliphatic carbocycles. The molecule has 2 rings (SSSR count). The zero-order chi connectivity index (χ0) is 15.4. The first-order valence-corrected chi connectivity index (χ1v) is 7.28. The van der Waals surface area contributed by atoms with Gasteiger partial charge in [-0.25, -0.2) is 0 Å². The highest BCUT2D eigenvalue weighted by molar-refractivity contribution is 5.94. The van der Waals surface area contributed by atoms with Crippen molar-refractivity contribution >= 4 is 11.9 Å². The first-order valence-electron chi connectivity index (χ1n) is 7.28. The fourth-order valence-electron chi connectivity index (χ4n) is 2.58. The third-order valence-electron chi connectivity index (χ3n) is 3.99. The molecule has 1 amide bonds. The monoisotopic (exact) mass is 290 g/mol. The van der Waals surface area contributed by atoms with E-state index in [0.29, 0.717) is 25.2 Å². The maximum atomic E-state index is 12.5. The van der Waals surface area contributed by atoms with Gasteiger partial charge in [0.15, 0.2) is 0 Å². The molecular weight excluding hydrogens is 268 g/mol. The van der Waals surface area contributed by atoms with Crippen LogP contribution in [-0.2, 0) is 4.79 Å². The van der Waals surface area contributed by atoms with E-state index in [2.05, 4.69) is 0 Å². The number of amides is 1. The number of rotatable bonds is 3. The molecule has 0 aromatic heterocycles. The van der Waals surface area contributed by atoms with E-state index in [4.69, 9.17) is 5.11 Å². The van der Waals surface area contributed by atoms with Crippen molar-refractivity contribution in [1.82, 2.24) is 9.80 Å². The molecule has 1 heterocycles. The summed E-state index contributed by atoms with van der Waals surface area (Å²) in [7, 11) is 0. The van der Waals surface area contributed by atoms with E-state index in [1.807, 2.05) is 41.8 Å². The lowest BCUT2D eigenvalue weighted by Gasteiger charge is -2.21. The van der Waals surface area contributed by atoms with E-state index < -0.39 is 5.97 Å². The summed E-state index contributed by atoms with van der Waals surface area (Å²) < 4.78 is 0. The molecule has 1 aromatic rings. The second kappa shape index (κ2) is 6.72. The summed E-state index contributed by atoms with van der Waals surface area (Å²) >= 11 is 0. The Labute approximate surface area is 125 Å². The molecule has 1 N–H and O–H groups in total. The highest BCUT2D eigenvalue weighted by Gasteiger charge is 2.21. The van der Waals surface area contributed by atoms with Crippen LogP contribution in [0.2, 0.25) is 0 Å². The average Bonchev–Trinajstić information content (AvgIpc) is 2.66. The van der Waals surface area contributed by atoms with Crippen LogP contribution < -0.4 is 0 Å². The standard InChI is InChI=1S/C16H22N2O3/c1-12-4-5-14(10-13(12)2)16(21)18-7-3-6-17(8-9-18)11-15(19)20/h4-5,10H,3,6-9,11H2,1-2H3,(H,19,20). The molecule has 1 aliphatic heterocycles. The molecule has 1 fully saturated rings. The van der Waals surface area contributed by atoms with Gasteiger partial charge in [0.05, 0.1) is 6.54 Å². The molecule has 0 radical (unpaired) electrons. The van der Waals surface area contributed by atoms with Crippen LogP contribution in [0.15, 0.2) is 18.2 Å².